The first-order valence-electron chi connectivity index (χ1n) is 8.52. The molecule has 25 heavy (non-hydrogen) atoms. The molecule has 0 spiro atoms. The van der Waals surface area contributed by atoms with Crippen LogP contribution in [0.2, 0.25) is 0 Å². The van der Waals surface area contributed by atoms with Gasteiger partial charge in [0, 0.05) is 18.8 Å². The number of pyridine rings is 1. The van der Waals surface area contributed by atoms with Gasteiger partial charge in [0.15, 0.2) is 0 Å². The molecule has 1 aromatic rings. The lowest BCUT2D eigenvalue weighted by molar-refractivity contribution is -0.125. The van der Waals surface area contributed by atoms with Crippen molar-refractivity contribution in [3.05, 3.63) is 23.9 Å². The predicted molar refractivity (Wildman–Crippen MR) is 94.0 cm³/mol. The van der Waals surface area contributed by atoms with Crippen LogP contribution in [0.25, 0.3) is 0 Å². The molecular weight excluding hydrogens is 322 g/mol. The van der Waals surface area contributed by atoms with Gasteiger partial charge in [-0.15, -0.1) is 0 Å². The van der Waals surface area contributed by atoms with E-state index >= 15 is 0 Å². The Kier molecular flexibility index (Phi) is 6.88. The summed E-state index contributed by atoms with van der Waals surface area (Å²) in [6.07, 6.45) is 1.60. The van der Waals surface area contributed by atoms with Crippen LogP contribution in [0, 0.1) is 12.8 Å². The van der Waals surface area contributed by atoms with Crippen LogP contribution in [0.5, 0.6) is 0 Å². The van der Waals surface area contributed by atoms with E-state index in [-0.39, 0.29) is 24.3 Å². The first-order valence-corrected chi connectivity index (χ1v) is 8.52. The highest BCUT2D eigenvalue weighted by atomic mass is 16.2. The molecule has 0 aliphatic carbocycles. The number of carbonyl (C=O) groups excluding carboxylic acids is 3. The average molecular weight is 347 g/mol. The number of aryl methyl sites for hydroxylation is 1. The Balaban J connectivity index is 1.84. The van der Waals surface area contributed by atoms with E-state index in [0.717, 1.165) is 25.1 Å². The largest absolute Gasteiger partial charge is 0.338 e. The summed E-state index contributed by atoms with van der Waals surface area (Å²) >= 11 is 0. The van der Waals surface area contributed by atoms with Gasteiger partial charge >= 0.3 is 6.03 Å². The summed E-state index contributed by atoms with van der Waals surface area (Å²) in [6, 6.07) is 4.97. The summed E-state index contributed by atoms with van der Waals surface area (Å²) in [5.41, 5.74) is 0.838. The molecular formula is C17H25N5O3. The zero-order chi connectivity index (χ0) is 18.2. The van der Waals surface area contributed by atoms with Crippen molar-refractivity contribution in [2.75, 3.05) is 31.5 Å². The summed E-state index contributed by atoms with van der Waals surface area (Å²) in [7, 11) is 0. The number of carbonyl (C=O) groups is 3. The van der Waals surface area contributed by atoms with E-state index in [9.17, 15) is 14.4 Å². The molecule has 3 N–H and O–H groups in total. The Labute approximate surface area is 147 Å². The summed E-state index contributed by atoms with van der Waals surface area (Å²) in [5.74, 6) is -0.122. The number of anilines is 1. The van der Waals surface area contributed by atoms with Crippen LogP contribution >= 0.6 is 0 Å². The highest BCUT2D eigenvalue weighted by molar-refractivity contribution is 5.95. The van der Waals surface area contributed by atoms with E-state index < -0.39 is 6.03 Å². The lowest BCUT2D eigenvalue weighted by Gasteiger charge is -2.31. The van der Waals surface area contributed by atoms with Gasteiger partial charge in [-0.2, -0.15) is 0 Å². The van der Waals surface area contributed by atoms with Crippen molar-refractivity contribution in [1.29, 1.82) is 0 Å². The monoisotopic (exact) mass is 347 g/mol. The molecule has 1 atom stereocenters. The number of nitrogens with one attached hydrogen (secondary N) is 3. The maximum Gasteiger partial charge on any atom is 0.321 e. The second kappa shape index (κ2) is 9.12. The molecule has 8 nitrogen and oxygen atoms in total. The minimum absolute atomic E-state index is 0.0908. The smallest absolute Gasteiger partial charge is 0.321 e. The summed E-state index contributed by atoms with van der Waals surface area (Å²) in [6.45, 7) is 5.42. The van der Waals surface area contributed by atoms with E-state index in [2.05, 4.69) is 20.9 Å². The van der Waals surface area contributed by atoms with Crippen LogP contribution < -0.4 is 16.0 Å². The number of urea groups is 1. The second-order valence-electron chi connectivity index (χ2n) is 6.14. The van der Waals surface area contributed by atoms with E-state index in [1.54, 1.807) is 13.0 Å². The maximum absolute atomic E-state index is 12.4. The standard InChI is InChI=1S/C17H25N5O3/c1-3-18-17(25)21-15(23)11-22-9-5-7-13(10-22)16(24)20-14-8-4-6-12(2)19-14/h4,6,8,13H,3,5,7,9-11H2,1-2H3,(H,19,20,24)(H2,18,21,23,25)/t13-/m0/s1. The number of imide groups is 1. The fourth-order valence-corrected chi connectivity index (χ4v) is 2.83. The molecule has 0 unspecified atom stereocenters. The first kappa shape index (κ1) is 18.9. The number of nitrogens with zero attached hydrogens (tertiary/aromatic N) is 2. The molecule has 0 bridgehead atoms. The molecule has 8 heteroatoms. The van der Waals surface area contributed by atoms with Crippen molar-refractivity contribution in [3.63, 3.8) is 0 Å². The topological polar surface area (TPSA) is 103 Å². The zero-order valence-corrected chi connectivity index (χ0v) is 14.7. The van der Waals surface area contributed by atoms with Gasteiger partial charge in [0.25, 0.3) is 0 Å². The molecule has 0 saturated carbocycles. The number of hydrogen-bond donors (Lipinski definition) is 3. The van der Waals surface area contributed by atoms with Crippen molar-refractivity contribution in [2.45, 2.75) is 26.7 Å². The van der Waals surface area contributed by atoms with Gasteiger partial charge < -0.3 is 10.6 Å². The lowest BCUT2D eigenvalue weighted by Crippen LogP contribution is -2.48. The molecule has 0 aromatic carbocycles. The lowest BCUT2D eigenvalue weighted by atomic mass is 9.97. The molecule has 1 saturated heterocycles. The quantitative estimate of drug-likeness (QED) is 0.734. The SMILES string of the molecule is CCNC(=O)NC(=O)CN1CCC[C@H](C(=O)Nc2cccc(C)n2)C1. The van der Waals surface area contributed by atoms with Crippen molar-refractivity contribution >= 4 is 23.7 Å². The number of likely N-dealkylation sites (tertiary alicyclic amines) is 1. The van der Waals surface area contributed by atoms with Gasteiger partial charge in [0.05, 0.1) is 12.5 Å². The van der Waals surface area contributed by atoms with Crippen LogP contribution in [-0.4, -0.2) is 53.9 Å². The minimum atomic E-state index is -0.496. The predicted octanol–water partition coefficient (Wildman–Crippen LogP) is 0.886. The Morgan fingerprint density at radius 3 is 2.84 bits per heavy atom. The number of aromatic nitrogens is 1. The molecule has 1 aliphatic heterocycles. The highest BCUT2D eigenvalue weighted by Crippen LogP contribution is 2.18. The molecule has 1 aliphatic rings. The molecule has 1 fully saturated rings. The fraction of sp³-hybridized carbons (Fsp3) is 0.529. The zero-order valence-electron chi connectivity index (χ0n) is 14.7. The average Bonchev–Trinajstić information content (AvgIpc) is 2.55. The number of rotatable bonds is 5. The van der Waals surface area contributed by atoms with Crippen LogP contribution in [0.15, 0.2) is 18.2 Å². The second-order valence-corrected chi connectivity index (χ2v) is 6.14. The first-order chi connectivity index (χ1) is 12.0. The fourth-order valence-electron chi connectivity index (χ4n) is 2.83. The van der Waals surface area contributed by atoms with Crippen molar-refractivity contribution in [1.82, 2.24) is 20.5 Å². The Hall–Kier alpha value is -2.48. The molecule has 136 valence electrons. The van der Waals surface area contributed by atoms with Gasteiger partial charge in [-0.25, -0.2) is 9.78 Å². The summed E-state index contributed by atoms with van der Waals surface area (Å²) < 4.78 is 0. The number of amides is 4. The van der Waals surface area contributed by atoms with E-state index in [1.807, 2.05) is 24.0 Å². The summed E-state index contributed by atoms with van der Waals surface area (Å²) in [4.78, 5) is 41.8. The van der Waals surface area contributed by atoms with E-state index in [0.29, 0.717) is 18.9 Å². The normalized spacial score (nSPS) is 17.6. The number of piperidine rings is 1. The van der Waals surface area contributed by atoms with Crippen LogP contribution in [0.3, 0.4) is 0 Å². The molecule has 0 radical (unpaired) electrons. The molecule has 1 aromatic heterocycles. The number of hydrogen-bond acceptors (Lipinski definition) is 5. The third-order valence-electron chi connectivity index (χ3n) is 3.97. The van der Waals surface area contributed by atoms with Crippen LogP contribution in [0.1, 0.15) is 25.5 Å². The highest BCUT2D eigenvalue weighted by Gasteiger charge is 2.27. The third-order valence-corrected chi connectivity index (χ3v) is 3.97. The van der Waals surface area contributed by atoms with Crippen molar-refractivity contribution in [3.8, 4) is 0 Å². The van der Waals surface area contributed by atoms with Gasteiger partial charge in [-0.3, -0.25) is 19.8 Å². The van der Waals surface area contributed by atoms with E-state index in [1.165, 1.54) is 0 Å². The molecule has 2 heterocycles. The Morgan fingerprint density at radius 2 is 2.12 bits per heavy atom. The van der Waals surface area contributed by atoms with Gasteiger partial charge in [0.2, 0.25) is 11.8 Å². The van der Waals surface area contributed by atoms with Crippen LogP contribution in [-0.2, 0) is 9.59 Å². The minimum Gasteiger partial charge on any atom is -0.338 e. The molecule has 2 rings (SSSR count). The summed E-state index contributed by atoms with van der Waals surface area (Å²) in [5, 5.41) is 7.62. The maximum atomic E-state index is 12.4. The van der Waals surface area contributed by atoms with Gasteiger partial charge in [-0.1, -0.05) is 6.07 Å². The Morgan fingerprint density at radius 1 is 1.32 bits per heavy atom. The van der Waals surface area contributed by atoms with Crippen LogP contribution in [0.4, 0.5) is 10.6 Å². The Bertz CT molecular complexity index is 634. The molecule has 4 amide bonds. The van der Waals surface area contributed by atoms with E-state index in [4.69, 9.17) is 0 Å². The third kappa shape index (κ3) is 6.15. The van der Waals surface area contributed by atoms with Gasteiger partial charge in [0.1, 0.15) is 5.82 Å². The van der Waals surface area contributed by atoms with Crippen molar-refractivity contribution in [2.24, 2.45) is 5.92 Å². The van der Waals surface area contributed by atoms with Gasteiger partial charge in [-0.05, 0) is 45.4 Å². The van der Waals surface area contributed by atoms with Crippen molar-refractivity contribution < 1.29 is 14.4 Å².